The standard InChI is InChI=1S/C21H17N/c1-2-16-3-7-18(8-4-16)20-11-13-21(14-12-20)19-9-5-17(15-22)6-10-19/h3-14H,2H2,1H3. The van der Waals surface area contributed by atoms with Crippen LogP contribution in [0.4, 0.5) is 0 Å². The maximum atomic E-state index is 8.85. The second-order valence-electron chi connectivity index (χ2n) is 5.32. The van der Waals surface area contributed by atoms with Crippen molar-refractivity contribution in [2.24, 2.45) is 0 Å². The molecule has 0 fully saturated rings. The number of hydrogen-bond acceptors (Lipinski definition) is 1. The Balaban J connectivity index is 1.86. The van der Waals surface area contributed by atoms with Crippen molar-refractivity contribution in [1.29, 1.82) is 5.26 Å². The third-order valence-electron chi connectivity index (χ3n) is 3.93. The van der Waals surface area contributed by atoms with Crippen molar-refractivity contribution in [2.75, 3.05) is 0 Å². The van der Waals surface area contributed by atoms with Gasteiger partial charge in [0, 0.05) is 0 Å². The van der Waals surface area contributed by atoms with Gasteiger partial charge in [-0.1, -0.05) is 67.6 Å². The van der Waals surface area contributed by atoms with Crippen LogP contribution in [-0.2, 0) is 6.42 Å². The number of rotatable bonds is 3. The van der Waals surface area contributed by atoms with E-state index in [2.05, 4.69) is 61.5 Å². The Labute approximate surface area is 131 Å². The summed E-state index contributed by atoms with van der Waals surface area (Å²) in [4.78, 5) is 0. The van der Waals surface area contributed by atoms with Crippen molar-refractivity contribution in [3.05, 3.63) is 83.9 Å². The fourth-order valence-electron chi connectivity index (χ4n) is 2.53. The van der Waals surface area contributed by atoms with Crippen LogP contribution in [0, 0.1) is 11.3 Å². The van der Waals surface area contributed by atoms with E-state index in [1.54, 1.807) is 0 Å². The quantitative estimate of drug-likeness (QED) is 0.626. The Bertz CT molecular complexity index is 789. The van der Waals surface area contributed by atoms with Gasteiger partial charge in [0.2, 0.25) is 0 Å². The highest BCUT2D eigenvalue weighted by molar-refractivity contribution is 5.70. The van der Waals surface area contributed by atoms with E-state index in [-0.39, 0.29) is 0 Å². The fraction of sp³-hybridized carbons (Fsp3) is 0.0952. The first kappa shape index (κ1) is 14.1. The number of nitriles is 1. The molecule has 3 rings (SSSR count). The van der Waals surface area contributed by atoms with Gasteiger partial charge in [0.1, 0.15) is 0 Å². The van der Waals surface area contributed by atoms with Crippen LogP contribution in [0.15, 0.2) is 72.8 Å². The molecule has 0 aliphatic carbocycles. The average Bonchev–Trinajstić information content (AvgIpc) is 2.62. The first-order valence-corrected chi connectivity index (χ1v) is 7.50. The third kappa shape index (κ3) is 2.92. The molecule has 0 amide bonds. The van der Waals surface area contributed by atoms with E-state index in [1.807, 2.05) is 24.3 Å². The summed E-state index contributed by atoms with van der Waals surface area (Å²) in [6, 6.07) is 27.1. The van der Waals surface area contributed by atoms with Gasteiger partial charge in [0.25, 0.3) is 0 Å². The molecule has 3 aromatic carbocycles. The van der Waals surface area contributed by atoms with Gasteiger partial charge in [-0.2, -0.15) is 5.26 Å². The van der Waals surface area contributed by atoms with Crippen molar-refractivity contribution in [1.82, 2.24) is 0 Å². The van der Waals surface area contributed by atoms with Crippen LogP contribution >= 0.6 is 0 Å². The number of nitrogens with zero attached hydrogens (tertiary/aromatic N) is 1. The van der Waals surface area contributed by atoms with Crippen LogP contribution in [0.25, 0.3) is 22.3 Å². The maximum Gasteiger partial charge on any atom is 0.0991 e. The average molecular weight is 283 g/mol. The molecule has 106 valence electrons. The smallest absolute Gasteiger partial charge is 0.0991 e. The highest BCUT2D eigenvalue weighted by atomic mass is 14.2. The normalized spacial score (nSPS) is 10.2. The van der Waals surface area contributed by atoms with E-state index in [4.69, 9.17) is 5.26 Å². The van der Waals surface area contributed by atoms with Crippen molar-refractivity contribution >= 4 is 0 Å². The molecule has 0 radical (unpaired) electrons. The lowest BCUT2D eigenvalue weighted by molar-refractivity contribution is 1.14. The zero-order valence-corrected chi connectivity index (χ0v) is 12.6. The van der Waals surface area contributed by atoms with Gasteiger partial charge in [-0.15, -0.1) is 0 Å². The van der Waals surface area contributed by atoms with Gasteiger partial charge < -0.3 is 0 Å². The molecule has 0 N–H and O–H groups in total. The molecule has 0 heterocycles. The molecule has 0 unspecified atom stereocenters. The predicted octanol–water partition coefficient (Wildman–Crippen LogP) is 5.45. The lowest BCUT2D eigenvalue weighted by atomic mass is 9.99. The monoisotopic (exact) mass is 283 g/mol. The third-order valence-corrected chi connectivity index (χ3v) is 3.93. The first-order valence-electron chi connectivity index (χ1n) is 7.50. The van der Waals surface area contributed by atoms with Gasteiger partial charge in [-0.25, -0.2) is 0 Å². The minimum Gasteiger partial charge on any atom is -0.192 e. The summed E-state index contributed by atoms with van der Waals surface area (Å²) in [7, 11) is 0. The lowest BCUT2D eigenvalue weighted by Gasteiger charge is -2.06. The summed E-state index contributed by atoms with van der Waals surface area (Å²) in [6.45, 7) is 2.17. The zero-order chi connectivity index (χ0) is 15.4. The molecule has 0 saturated heterocycles. The summed E-state index contributed by atoms with van der Waals surface area (Å²) >= 11 is 0. The Morgan fingerprint density at radius 1 is 0.636 bits per heavy atom. The molecule has 3 aromatic rings. The molecule has 1 nitrogen and oxygen atoms in total. The number of hydrogen-bond donors (Lipinski definition) is 0. The van der Waals surface area contributed by atoms with E-state index < -0.39 is 0 Å². The largest absolute Gasteiger partial charge is 0.192 e. The molecule has 0 aromatic heterocycles. The van der Waals surface area contributed by atoms with Gasteiger partial charge in [0.15, 0.2) is 0 Å². The molecule has 0 aliphatic rings. The van der Waals surface area contributed by atoms with E-state index in [1.165, 1.54) is 22.3 Å². The number of benzene rings is 3. The highest BCUT2D eigenvalue weighted by Gasteiger charge is 2.01. The van der Waals surface area contributed by atoms with Crippen LogP contribution in [0.1, 0.15) is 18.1 Å². The van der Waals surface area contributed by atoms with Gasteiger partial charge >= 0.3 is 0 Å². The zero-order valence-electron chi connectivity index (χ0n) is 12.6. The van der Waals surface area contributed by atoms with E-state index in [9.17, 15) is 0 Å². The Kier molecular flexibility index (Phi) is 4.03. The van der Waals surface area contributed by atoms with Crippen molar-refractivity contribution in [2.45, 2.75) is 13.3 Å². The predicted molar refractivity (Wildman–Crippen MR) is 91.4 cm³/mol. The first-order chi connectivity index (χ1) is 10.8. The molecular weight excluding hydrogens is 266 g/mol. The van der Waals surface area contributed by atoms with Crippen LogP contribution in [0.5, 0.6) is 0 Å². The van der Waals surface area contributed by atoms with Crippen LogP contribution in [-0.4, -0.2) is 0 Å². The number of aryl methyl sites for hydroxylation is 1. The van der Waals surface area contributed by atoms with Crippen LogP contribution in [0.3, 0.4) is 0 Å². The molecule has 22 heavy (non-hydrogen) atoms. The minimum atomic E-state index is 0.691. The van der Waals surface area contributed by atoms with E-state index in [0.29, 0.717) is 5.56 Å². The van der Waals surface area contributed by atoms with E-state index in [0.717, 1.165) is 12.0 Å². The SMILES string of the molecule is CCc1ccc(-c2ccc(-c3ccc(C#N)cc3)cc2)cc1. The molecule has 0 atom stereocenters. The second kappa shape index (κ2) is 6.28. The molecule has 1 heteroatoms. The van der Waals surface area contributed by atoms with Crippen LogP contribution in [0.2, 0.25) is 0 Å². The topological polar surface area (TPSA) is 23.8 Å². The Morgan fingerprint density at radius 2 is 1.00 bits per heavy atom. The Hall–Kier alpha value is -2.85. The second-order valence-corrected chi connectivity index (χ2v) is 5.32. The van der Waals surface area contributed by atoms with Gasteiger partial charge in [-0.3, -0.25) is 0 Å². The van der Waals surface area contributed by atoms with E-state index >= 15 is 0 Å². The van der Waals surface area contributed by atoms with Crippen molar-refractivity contribution in [3.63, 3.8) is 0 Å². The maximum absolute atomic E-state index is 8.85. The summed E-state index contributed by atoms with van der Waals surface area (Å²) < 4.78 is 0. The molecule has 0 spiro atoms. The van der Waals surface area contributed by atoms with Gasteiger partial charge in [-0.05, 0) is 46.4 Å². The summed E-state index contributed by atoms with van der Waals surface area (Å²) in [5.41, 5.74) is 6.81. The van der Waals surface area contributed by atoms with Crippen LogP contribution < -0.4 is 0 Å². The Morgan fingerprint density at radius 3 is 1.36 bits per heavy atom. The molecular formula is C21H17N. The molecule has 0 saturated carbocycles. The fourth-order valence-corrected chi connectivity index (χ4v) is 2.53. The van der Waals surface area contributed by atoms with Gasteiger partial charge in [0.05, 0.1) is 11.6 Å². The minimum absolute atomic E-state index is 0.691. The molecule has 0 bridgehead atoms. The summed E-state index contributed by atoms with van der Waals surface area (Å²) in [6.07, 6.45) is 1.07. The lowest BCUT2D eigenvalue weighted by Crippen LogP contribution is -1.83. The highest BCUT2D eigenvalue weighted by Crippen LogP contribution is 2.25. The summed E-state index contributed by atoms with van der Waals surface area (Å²) in [5.74, 6) is 0. The summed E-state index contributed by atoms with van der Waals surface area (Å²) in [5, 5.41) is 8.85. The van der Waals surface area contributed by atoms with Crippen molar-refractivity contribution < 1.29 is 0 Å². The van der Waals surface area contributed by atoms with Crippen molar-refractivity contribution in [3.8, 4) is 28.3 Å². The molecule has 0 aliphatic heterocycles.